The number of halogens is 1. The number of methoxy groups -OCH3 is 2. The molecule has 0 spiro atoms. The Morgan fingerprint density at radius 2 is 1.42 bits per heavy atom. The van der Waals surface area contributed by atoms with Crippen molar-refractivity contribution in [1.82, 2.24) is 0 Å². The highest BCUT2D eigenvalue weighted by Crippen LogP contribution is 2.18. The van der Waals surface area contributed by atoms with Crippen LogP contribution in [0.1, 0.15) is 5.56 Å². The molecule has 0 N–H and O–H groups in total. The molecular formula is C17H15FO8. The lowest BCUT2D eigenvalue weighted by Gasteiger charge is -2.06. The lowest BCUT2D eigenvalue weighted by molar-refractivity contribution is -0.140. The van der Waals surface area contributed by atoms with Gasteiger partial charge in [-0.2, -0.15) is 0 Å². The van der Waals surface area contributed by atoms with Crippen LogP contribution >= 0.6 is 0 Å². The third-order valence-electron chi connectivity index (χ3n) is 2.73. The lowest BCUT2D eigenvalue weighted by atomic mass is 10.2. The van der Waals surface area contributed by atoms with Gasteiger partial charge in [0.25, 0.3) is 0 Å². The van der Waals surface area contributed by atoms with Gasteiger partial charge in [0.2, 0.25) is 0 Å². The topological polar surface area (TPSA) is 105 Å². The third kappa shape index (κ3) is 7.39. The molecule has 138 valence electrons. The first-order valence-electron chi connectivity index (χ1n) is 7.04. The average molecular weight is 366 g/mol. The highest BCUT2D eigenvalue weighted by molar-refractivity contribution is 5.92. The molecule has 0 fully saturated rings. The Hall–Kier alpha value is -3.49. The standard InChI is InChI=1S/C17H15FO8/c1-23-14(19)5-7-16(21)25-10-11-3-4-12(9-13(11)18)26-17(22)8-6-15(20)24-2/h3-9H,10H2,1-2H3/b7-5+,8-6+. The minimum Gasteiger partial charge on any atom is -0.466 e. The molecule has 0 aliphatic heterocycles. The lowest BCUT2D eigenvalue weighted by Crippen LogP contribution is -2.07. The Morgan fingerprint density at radius 1 is 0.885 bits per heavy atom. The van der Waals surface area contributed by atoms with E-state index in [0.29, 0.717) is 0 Å². The molecule has 0 aliphatic rings. The molecule has 0 saturated carbocycles. The van der Waals surface area contributed by atoms with Crippen LogP contribution in [0.3, 0.4) is 0 Å². The van der Waals surface area contributed by atoms with E-state index in [1.54, 1.807) is 0 Å². The molecule has 9 heteroatoms. The quantitative estimate of drug-likeness (QED) is 0.307. The highest BCUT2D eigenvalue weighted by atomic mass is 19.1. The van der Waals surface area contributed by atoms with Crippen molar-refractivity contribution in [2.45, 2.75) is 6.61 Å². The number of hydrogen-bond donors (Lipinski definition) is 0. The molecule has 1 aromatic rings. The fourth-order valence-electron chi connectivity index (χ4n) is 1.46. The van der Waals surface area contributed by atoms with Gasteiger partial charge in [-0.3, -0.25) is 0 Å². The maximum absolute atomic E-state index is 13.9. The van der Waals surface area contributed by atoms with Gasteiger partial charge in [0.1, 0.15) is 18.2 Å². The molecule has 1 rings (SSSR count). The van der Waals surface area contributed by atoms with E-state index in [2.05, 4.69) is 9.47 Å². The summed E-state index contributed by atoms with van der Waals surface area (Å²) in [5, 5.41) is 0. The fraction of sp³-hybridized carbons (Fsp3) is 0.176. The second-order valence-electron chi connectivity index (χ2n) is 4.50. The van der Waals surface area contributed by atoms with Crippen LogP contribution in [0.25, 0.3) is 0 Å². The van der Waals surface area contributed by atoms with E-state index in [4.69, 9.17) is 9.47 Å². The number of esters is 4. The molecule has 0 atom stereocenters. The Labute approximate surface area is 147 Å². The van der Waals surface area contributed by atoms with Crippen molar-refractivity contribution < 1.29 is 42.5 Å². The number of benzene rings is 1. The fourth-order valence-corrected chi connectivity index (χ4v) is 1.46. The first-order valence-corrected chi connectivity index (χ1v) is 7.04. The van der Waals surface area contributed by atoms with Crippen LogP contribution in [-0.4, -0.2) is 38.1 Å². The van der Waals surface area contributed by atoms with Crippen LogP contribution in [0.5, 0.6) is 5.75 Å². The van der Waals surface area contributed by atoms with Crippen LogP contribution in [0, 0.1) is 5.82 Å². The Bertz CT molecular complexity index is 751. The van der Waals surface area contributed by atoms with E-state index in [1.165, 1.54) is 12.1 Å². The second kappa shape index (κ2) is 10.4. The Balaban J connectivity index is 2.61. The summed E-state index contributed by atoms with van der Waals surface area (Å²) in [4.78, 5) is 44.5. The number of ether oxygens (including phenoxy) is 4. The van der Waals surface area contributed by atoms with Crippen LogP contribution < -0.4 is 4.74 Å². The SMILES string of the molecule is COC(=O)/C=C/C(=O)OCc1ccc(OC(=O)/C=C/C(=O)OC)cc1F. The summed E-state index contributed by atoms with van der Waals surface area (Å²) in [6.07, 6.45) is 3.39. The van der Waals surface area contributed by atoms with Crippen molar-refractivity contribution >= 4 is 23.9 Å². The van der Waals surface area contributed by atoms with Gasteiger partial charge in [-0.05, 0) is 12.1 Å². The van der Waals surface area contributed by atoms with Crippen LogP contribution in [0.2, 0.25) is 0 Å². The summed E-state index contributed by atoms with van der Waals surface area (Å²) < 4.78 is 32.1. The van der Waals surface area contributed by atoms with Gasteiger partial charge in [0.05, 0.1) is 14.2 Å². The molecule has 26 heavy (non-hydrogen) atoms. The molecule has 8 nitrogen and oxygen atoms in total. The minimum absolute atomic E-state index is 0.0229. The molecule has 0 amide bonds. The van der Waals surface area contributed by atoms with Crippen molar-refractivity contribution in [2.24, 2.45) is 0 Å². The monoisotopic (exact) mass is 366 g/mol. The number of carbonyl (C=O) groups excluding carboxylic acids is 4. The Morgan fingerprint density at radius 3 is 1.96 bits per heavy atom. The molecule has 0 aliphatic carbocycles. The van der Waals surface area contributed by atoms with Crippen molar-refractivity contribution in [3.05, 3.63) is 53.9 Å². The van der Waals surface area contributed by atoms with E-state index >= 15 is 0 Å². The highest BCUT2D eigenvalue weighted by Gasteiger charge is 2.09. The minimum atomic E-state index is -0.901. The van der Waals surface area contributed by atoms with E-state index in [9.17, 15) is 23.6 Å². The smallest absolute Gasteiger partial charge is 0.336 e. The van der Waals surface area contributed by atoms with E-state index in [1.807, 2.05) is 0 Å². The zero-order valence-corrected chi connectivity index (χ0v) is 13.9. The van der Waals surface area contributed by atoms with E-state index < -0.39 is 36.3 Å². The van der Waals surface area contributed by atoms with Crippen LogP contribution in [0.15, 0.2) is 42.5 Å². The zero-order valence-electron chi connectivity index (χ0n) is 13.9. The zero-order chi connectivity index (χ0) is 19.5. The Kier molecular flexibility index (Phi) is 8.21. The van der Waals surface area contributed by atoms with Crippen molar-refractivity contribution in [2.75, 3.05) is 14.2 Å². The van der Waals surface area contributed by atoms with Gasteiger partial charge in [-0.25, -0.2) is 23.6 Å². The predicted molar refractivity (Wildman–Crippen MR) is 84.1 cm³/mol. The summed E-state index contributed by atoms with van der Waals surface area (Å²) in [5.74, 6) is -4.13. The summed E-state index contributed by atoms with van der Waals surface area (Å²) in [6, 6.07) is 3.44. The van der Waals surface area contributed by atoms with Gasteiger partial charge < -0.3 is 18.9 Å². The summed E-state index contributed by atoms with van der Waals surface area (Å²) in [5.41, 5.74) is 0.0229. The molecular weight excluding hydrogens is 351 g/mol. The molecule has 0 aromatic heterocycles. The van der Waals surface area contributed by atoms with Crippen LogP contribution in [-0.2, 0) is 40.0 Å². The van der Waals surface area contributed by atoms with Gasteiger partial charge in [0.15, 0.2) is 0 Å². The van der Waals surface area contributed by atoms with Gasteiger partial charge >= 0.3 is 23.9 Å². The molecule has 0 saturated heterocycles. The normalized spacial score (nSPS) is 10.6. The van der Waals surface area contributed by atoms with Gasteiger partial charge in [-0.1, -0.05) is 0 Å². The first-order chi connectivity index (χ1) is 12.3. The van der Waals surface area contributed by atoms with Crippen molar-refractivity contribution in [3.8, 4) is 5.75 Å². The van der Waals surface area contributed by atoms with E-state index in [0.717, 1.165) is 44.6 Å². The van der Waals surface area contributed by atoms with Gasteiger partial charge in [0, 0.05) is 35.9 Å². The molecule has 0 bridgehead atoms. The van der Waals surface area contributed by atoms with Crippen molar-refractivity contribution in [3.63, 3.8) is 0 Å². The molecule has 0 radical (unpaired) electrons. The second-order valence-corrected chi connectivity index (χ2v) is 4.50. The van der Waals surface area contributed by atoms with E-state index in [-0.39, 0.29) is 11.3 Å². The van der Waals surface area contributed by atoms with Crippen molar-refractivity contribution in [1.29, 1.82) is 0 Å². The summed E-state index contributed by atoms with van der Waals surface area (Å²) in [7, 11) is 2.29. The number of rotatable bonds is 7. The third-order valence-corrected chi connectivity index (χ3v) is 2.73. The first kappa shape index (κ1) is 20.6. The maximum atomic E-state index is 13.9. The summed E-state index contributed by atoms with van der Waals surface area (Å²) >= 11 is 0. The molecule has 0 unspecified atom stereocenters. The predicted octanol–water partition coefficient (Wildman–Crippen LogP) is 1.23. The number of hydrogen-bond acceptors (Lipinski definition) is 8. The van der Waals surface area contributed by atoms with Crippen LogP contribution in [0.4, 0.5) is 4.39 Å². The molecule has 0 heterocycles. The largest absolute Gasteiger partial charge is 0.466 e. The molecule has 1 aromatic carbocycles. The average Bonchev–Trinajstić information content (AvgIpc) is 2.63. The summed E-state index contributed by atoms with van der Waals surface area (Å²) in [6.45, 7) is -0.396. The maximum Gasteiger partial charge on any atom is 0.336 e. The number of carbonyl (C=O) groups is 4. The van der Waals surface area contributed by atoms with Gasteiger partial charge in [-0.15, -0.1) is 0 Å².